The third kappa shape index (κ3) is 11.9. The number of carbonyl (C=O) groups is 2. The predicted molar refractivity (Wildman–Crippen MR) is 284 cm³/mol. The summed E-state index contributed by atoms with van der Waals surface area (Å²) < 4.78 is 306. The van der Waals surface area contributed by atoms with Gasteiger partial charge in [0.15, 0.2) is 75.4 Å². The van der Waals surface area contributed by atoms with Crippen molar-refractivity contribution >= 4 is 68.7 Å². The standard InChI is InChI=1S/C37H40O4P.C24BF20/c1-36(2,3)40-34(38)33(35(39)41-37(4,5)6)32(28-19-11-7-12-20-28)27-42(29-21-13-8-14-22-29,30-23-15-9-16-24-30)31-25-17-10-18-26-31;26-5-1(6(27)14(35)21(42)13(5)34)25(2-7(28)15(36)22(43)16(37)8(2)29,3-9(30)17(38)23(44)18(39)10(3)31)4-11(32)19(40)24(45)20(41)12(4)33/h7-26H,27H2,1-6H3;/q+1;-1. The number of benzene rings is 8. The van der Waals surface area contributed by atoms with Crippen molar-refractivity contribution in [3.05, 3.63) is 249 Å². The molecule has 0 heterocycles. The minimum Gasteiger partial charge on any atom is -0.456 e. The van der Waals surface area contributed by atoms with Gasteiger partial charge in [-0.3, -0.25) is 0 Å². The highest BCUT2D eigenvalue weighted by Crippen LogP contribution is 2.58. The molecule has 0 bridgehead atoms. The van der Waals surface area contributed by atoms with Gasteiger partial charge in [0.25, 0.3) is 0 Å². The van der Waals surface area contributed by atoms with E-state index in [1.54, 1.807) is 41.5 Å². The highest BCUT2D eigenvalue weighted by atomic mass is 31.2. The van der Waals surface area contributed by atoms with E-state index in [4.69, 9.17) is 9.47 Å². The maximum atomic E-state index is 15.4. The van der Waals surface area contributed by atoms with Gasteiger partial charge in [-0.15, -0.1) is 21.9 Å². The molecule has 0 saturated heterocycles. The Labute approximate surface area is 481 Å². The maximum Gasteiger partial charge on any atom is 0.346 e. The molecule has 0 spiro atoms. The molecule has 0 fully saturated rings. The Morgan fingerprint density at radius 2 is 0.517 bits per heavy atom. The quantitative estimate of drug-likeness (QED) is 0.0141. The molecule has 456 valence electrons. The Morgan fingerprint density at radius 3 is 0.724 bits per heavy atom. The van der Waals surface area contributed by atoms with Crippen LogP contribution in [0.25, 0.3) is 5.57 Å². The van der Waals surface area contributed by atoms with Crippen LogP contribution in [0.4, 0.5) is 87.8 Å². The summed E-state index contributed by atoms with van der Waals surface area (Å²) in [4.78, 5) is 28.1. The Morgan fingerprint density at radius 1 is 0.322 bits per heavy atom. The second-order valence-electron chi connectivity index (χ2n) is 21.0. The third-order valence-electron chi connectivity index (χ3n) is 13.3. The maximum absolute atomic E-state index is 15.4. The lowest BCUT2D eigenvalue weighted by Gasteiger charge is -2.44. The van der Waals surface area contributed by atoms with Crippen molar-refractivity contribution in [2.75, 3.05) is 6.16 Å². The molecule has 26 heteroatoms. The van der Waals surface area contributed by atoms with Crippen molar-refractivity contribution in [3.63, 3.8) is 0 Å². The van der Waals surface area contributed by atoms with Gasteiger partial charge in [0, 0.05) is 5.57 Å². The van der Waals surface area contributed by atoms with Crippen LogP contribution >= 0.6 is 7.26 Å². The molecule has 8 rings (SSSR count). The average molecular weight is 1260 g/mol. The largest absolute Gasteiger partial charge is 0.456 e. The summed E-state index contributed by atoms with van der Waals surface area (Å²) in [5.74, 6) is -72.8. The summed E-state index contributed by atoms with van der Waals surface area (Å²) in [6, 6.07) is 40.9. The molecule has 0 amide bonds. The number of halogens is 20. The first-order valence-corrected chi connectivity index (χ1v) is 27.1. The zero-order valence-electron chi connectivity index (χ0n) is 45.5. The van der Waals surface area contributed by atoms with E-state index in [1.807, 2.05) is 84.9 Å². The molecule has 0 atom stereocenters. The van der Waals surface area contributed by atoms with Crippen LogP contribution in [0.15, 0.2) is 127 Å². The summed E-state index contributed by atoms with van der Waals surface area (Å²) in [6.45, 7) is 10.8. The van der Waals surface area contributed by atoms with Crippen LogP contribution in [0.3, 0.4) is 0 Å². The minimum absolute atomic E-state index is 0.0711. The van der Waals surface area contributed by atoms with Gasteiger partial charge >= 0.3 is 11.9 Å². The lowest BCUT2D eigenvalue weighted by molar-refractivity contribution is -0.158. The smallest absolute Gasteiger partial charge is 0.346 e. The second kappa shape index (κ2) is 25.1. The summed E-state index contributed by atoms with van der Waals surface area (Å²) in [7, 11) is -2.48. The van der Waals surface area contributed by atoms with Crippen LogP contribution in [0.5, 0.6) is 0 Å². The number of rotatable bonds is 12. The Hall–Kier alpha value is -8.47. The average Bonchev–Trinajstić information content (AvgIpc) is 0.690. The molecule has 0 aliphatic carbocycles. The fourth-order valence-electron chi connectivity index (χ4n) is 9.82. The Kier molecular flexibility index (Phi) is 19.1. The molecule has 0 aliphatic heterocycles. The van der Waals surface area contributed by atoms with E-state index in [1.165, 1.54) is 0 Å². The molecule has 0 aliphatic rings. The van der Waals surface area contributed by atoms with E-state index in [-0.39, 0.29) is 5.57 Å². The van der Waals surface area contributed by atoms with Crippen molar-refractivity contribution in [1.82, 2.24) is 0 Å². The summed E-state index contributed by atoms with van der Waals surface area (Å²) >= 11 is 0. The van der Waals surface area contributed by atoms with E-state index in [0.29, 0.717) is 11.7 Å². The van der Waals surface area contributed by atoms with Gasteiger partial charge in [-0.1, -0.05) is 84.9 Å². The van der Waals surface area contributed by atoms with Gasteiger partial charge in [-0.25, -0.2) is 97.4 Å². The molecule has 0 N–H and O–H groups in total. The Bertz CT molecular complexity index is 3500. The van der Waals surface area contributed by atoms with Crippen LogP contribution in [0.2, 0.25) is 0 Å². The molecule has 0 unspecified atom stereocenters. The first-order valence-electron chi connectivity index (χ1n) is 25.1. The highest BCUT2D eigenvalue weighted by molar-refractivity contribution is 7.96. The van der Waals surface area contributed by atoms with Gasteiger partial charge in [0.2, 0.25) is 0 Å². The molecule has 87 heavy (non-hydrogen) atoms. The molecule has 8 aromatic rings. The van der Waals surface area contributed by atoms with Crippen molar-refractivity contribution in [2.45, 2.75) is 52.7 Å². The van der Waals surface area contributed by atoms with E-state index in [0.717, 1.165) is 21.5 Å². The number of hydrogen-bond donors (Lipinski definition) is 0. The number of ether oxygens (including phenoxy) is 2. The van der Waals surface area contributed by atoms with E-state index in [2.05, 4.69) is 36.4 Å². The van der Waals surface area contributed by atoms with Gasteiger partial charge in [0.05, 0.1) is 0 Å². The fraction of sp³-hybridized carbons (Fsp3) is 0.148. The van der Waals surface area contributed by atoms with E-state index >= 15 is 35.1 Å². The molecule has 0 saturated carbocycles. The summed E-state index contributed by atoms with van der Waals surface area (Å²) in [5, 5.41) is 3.43. The number of carbonyl (C=O) groups excluding carboxylic acids is 2. The van der Waals surface area contributed by atoms with Crippen LogP contribution in [0, 0.1) is 116 Å². The molecular weight excluding hydrogens is 1220 g/mol. The number of hydrogen-bond acceptors (Lipinski definition) is 4. The van der Waals surface area contributed by atoms with Crippen LogP contribution in [-0.2, 0) is 19.1 Å². The van der Waals surface area contributed by atoms with Crippen molar-refractivity contribution < 1.29 is 107 Å². The predicted octanol–water partition coefficient (Wildman–Crippen LogP) is 13.0. The molecule has 8 aromatic carbocycles. The lowest BCUT2D eigenvalue weighted by atomic mass is 9.12. The van der Waals surface area contributed by atoms with Crippen molar-refractivity contribution in [2.24, 2.45) is 0 Å². The summed E-state index contributed by atoms with van der Waals surface area (Å²) in [5.41, 5.74) is -14.6. The first kappa shape index (κ1) is 66.1. The Balaban J connectivity index is 0.000000249. The van der Waals surface area contributed by atoms with Crippen LogP contribution in [0.1, 0.15) is 47.1 Å². The highest BCUT2D eigenvalue weighted by Gasteiger charge is 2.53. The lowest BCUT2D eigenvalue weighted by Crippen LogP contribution is -2.81. The van der Waals surface area contributed by atoms with Gasteiger partial charge in [-0.05, 0) is 83.5 Å². The van der Waals surface area contributed by atoms with Crippen molar-refractivity contribution in [3.8, 4) is 0 Å². The topological polar surface area (TPSA) is 52.6 Å². The minimum atomic E-state index is -7.22. The third-order valence-corrected chi connectivity index (χ3v) is 17.7. The van der Waals surface area contributed by atoms with Gasteiger partial charge in [-0.2, -0.15) is 0 Å². The SMILES string of the molecule is CC(C)(C)OC(=O)C(C(=O)OC(C)(C)C)=C(C[P+](c1ccccc1)(c1ccccc1)c1ccccc1)c1ccccc1.Fc1c(F)c(F)c([B-](c2c(F)c(F)c(F)c(F)c2F)(c2c(F)c(F)c(F)c(F)c2F)c2c(F)c(F)c(F)c(F)c2F)c(F)c1F. The summed E-state index contributed by atoms with van der Waals surface area (Å²) in [6.07, 6.45) is -6.81. The van der Waals surface area contributed by atoms with E-state index < -0.39 is 175 Å². The van der Waals surface area contributed by atoms with Crippen molar-refractivity contribution in [1.29, 1.82) is 0 Å². The van der Waals surface area contributed by atoms with Crippen LogP contribution < -0.4 is 37.8 Å². The van der Waals surface area contributed by atoms with Crippen LogP contribution in [-0.4, -0.2) is 35.4 Å². The van der Waals surface area contributed by atoms with Gasteiger partial charge in [0.1, 0.15) is 93.2 Å². The molecule has 4 nitrogen and oxygen atoms in total. The number of esters is 2. The molecular formula is C61H40BF20O4P. The molecule has 0 aromatic heterocycles. The van der Waals surface area contributed by atoms with Gasteiger partial charge < -0.3 is 9.47 Å². The zero-order valence-corrected chi connectivity index (χ0v) is 46.4. The monoisotopic (exact) mass is 1260 g/mol. The number of allylic oxidation sites excluding steroid dienone is 1. The molecule has 0 radical (unpaired) electrons. The second-order valence-corrected chi connectivity index (χ2v) is 24.5. The van der Waals surface area contributed by atoms with E-state index in [9.17, 15) is 62.3 Å². The fourth-order valence-corrected chi connectivity index (χ4v) is 14.1. The zero-order chi connectivity index (χ0) is 64.7. The normalized spacial score (nSPS) is 11.9. The first-order chi connectivity index (χ1) is 40.6.